The molecular formula is C14H24ClN3O2. The first-order valence-electron chi connectivity index (χ1n) is 7.49. The highest BCUT2D eigenvalue weighted by Gasteiger charge is 2.41. The van der Waals surface area contributed by atoms with E-state index in [1.54, 1.807) is 0 Å². The van der Waals surface area contributed by atoms with Gasteiger partial charge in [-0.3, -0.25) is 9.59 Å². The van der Waals surface area contributed by atoms with Crippen LogP contribution >= 0.6 is 12.4 Å². The first kappa shape index (κ1) is 15.6. The van der Waals surface area contributed by atoms with Gasteiger partial charge in [0.2, 0.25) is 11.8 Å². The van der Waals surface area contributed by atoms with Crippen LogP contribution in [0.2, 0.25) is 0 Å². The molecule has 2 saturated carbocycles. The number of amides is 2. The van der Waals surface area contributed by atoms with E-state index in [2.05, 4.69) is 5.32 Å². The molecular weight excluding hydrogens is 278 g/mol. The summed E-state index contributed by atoms with van der Waals surface area (Å²) in [6.45, 7) is 1.30. The van der Waals surface area contributed by atoms with Gasteiger partial charge in [0.15, 0.2) is 0 Å². The van der Waals surface area contributed by atoms with Crippen LogP contribution < -0.4 is 11.1 Å². The molecule has 3 N–H and O–H groups in total. The number of likely N-dealkylation sites (tertiary alicyclic amines) is 1. The van der Waals surface area contributed by atoms with Crippen LogP contribution in [-0.4, -0.2) is 41.9 Å². The lowest BCUT2D eigenvalue weighted by atomic mass is 9.95. The minimum atomic E-state index is 0. The molecule has 1 unspecified atom stereocenters. The number of nitrogens with one attached hydrogen (secondary N) is 1. The normalized spacial score (nSPS) is 33.1. The molecule has 5 nitrogen and oxygen atoms in total. The first-order chi connectivity index (χ1) is 9.19. The van der Waals surface area contributed by atoms with E-state index in [1.165, 1.54) is 0 Å². The molecule has 1 aliphatic heterocycles. The summed E-state index contributed by atoms with van der Waals surface area (Å²) >= 11 is 0. The SMILES string of the molecule is Cl.NC[C@H]1CCC[C@H]1C(=O)NC1CC(=O)N(C2CC2)C1. The van der Waals surface area contributed by atoms with Crippen LogP contribution in [-0.2, 0) is 9.59 Å². The summed E-state index contributed by atoms with van der Waals surface area (Å²) in [5.74, 6) is 0.713. The van der Waals surface area contributed by atoms with Crippen molar-refractivity contribution in [2.24, 2.45) is 17.6 Å². The predicted octanol–water partition coefficient (Wildman–Crippen LogP) is 0.663. The van der Waals surface area contributed by atoms with Gasteiger partial charge in [-0.15, -0.1) is 12.4 Å². The van der Waals surface area contributed by atoms with E-state index in [9.17, 15) is 9.59 Å². The number of halogens is 1. The van der Waals surface area contributed by atoms with Crippen LogP contribution in [0.15, 0.2) is 0 Å². The summed E-state index contributed by atoms with van der Waals surface area (Å²) in [4.78, 5) is 26.1. The van der Waals surface area contributed by atoms with E-state index >= 15 is 0 Å². The predicted molar refractivity (Wildman–Crippen MR) is 78.4 cm³/mol. The standard InChI is InChI=1S/C14H23N3O2.ClH/c15-7-9-2-1-3-12(9)14(19)16-10-6-13(18)17(8-10)11-4-5-11;/h9-12H,1-8,15H2,(H,16,19);1H/t9-,10?,12-;/m1./s1. The third kappa shape index (κ3) is 3.09. The lowest BCUT2D eigenvalue weighted by molar-refractivity contribution is -0.128. The van der Waals surface area contributed by atoms with Crippen molar-refractivity contribution in [1.29, 1.82) is 0 Å². The van der Waals surface area contributed by atoms with Gasteiger partial charge in [-0.05, 0) is 38.1 Å². The Hall–Kier alpha value is -0.810. The smallest absolute Gasteiger partial charge is 0.225 e. The average Bonchev–Trinajstić information content (AvgIpc) is 2.99. The van der Waals surface area contributed by atoms with Gasteiger partial charge in [0.05, 0.1) is 6.04 Å². The maximum Gasteiger partial charge on any atom is 0.225 e. The van der Waals surface area contributed by atoms with E-state index in [0.29, 0.717) is 31.5 Å². The third-order valence-electron chi connectivity index (χ3n) is 4.79. The van der Waals surface area contributed by atoms with Crippen LogP contribution in [0.1, 0.15) is 38.5 Å². The maximum atomic E-state index is 12.3. The highest BCUT2D eigenvalue weighted by molar-refractivity contribution is 5.85. The van der Waals surface area contributed by atoms with E-state index in [-0.39, 0.29) is 36.2 Å². The molecule has 3 fully saturated rings. The molecule has 0 radical (unpaired) electrons. The molecule has 0 aromatic carbocycles. The Kier molecular flexibility index (Phi) is 4.91. The second kappa shape index (κ2) is 6.31. The van der Waals surface area contributed by atoms with E-state index in [0.717, 1.165) is 32.1 Å². The molecule has 3 rings (SSSR count). The number of carbonyl (C=O) groups is 2. The van der Waals surface area contributed by atoms with Crippen molar-refractivity contribution < 1.29 is 9.59 Å². The molecule has 3 atom stereocenters. The topological polar surface area (TPSA) is 75.4 Å². The van der Waals surface area contributed by atoms with Crippen LogP contribution in [0, 0.1) is 11.8 Å². The van der Waals surface area contributed by atoms with Crippen LogP contribution in [0.25, 0.3) is 0 Å². The zero-order valence-corrected chi connectivity index (χ0v) is 12.5. The average molecular weight is 302 g/mol. The summed E-state index contributed by atoms with van der Waals surface area (Å²) in [5, 5.41) is 3.07. The van der Waals surface area contributed by atoms with Crippen LogP contribution in [0.5, 0.6) is 0 Å². The molecule has 2 amide bonds. The fourth-order valence-corrected chi connectivity index (χ4v) is 3.54. The Labute approximate surface area is 126 Å². The van der Waals surface area contributed by atoms with Crippen LogP contribution in [0.4, 0.5) is 0 Å². The van der Waals surface area contributed by atoms with Crippen molar-refractivity contribution in [2.75, 3.05) is 13.1 Å². The largest absolute Gasteiger partial charge is 0.351 e. The van der Waals surface area contributed by atoms with Crippen molar-refractivity contribution in [2.45, 2.75) is 50.6 Å². The zero-order chi connectivity index (χ0) is 13.4. The first-order valence-corrected chi connectivity index (χ1v) is 7.49. The van der Waals surface area contributed by atoms with Gasteiger partial charge >= 0.3 is 0 Å². The van der Waals surface area contributed by atoms with Gasteiger partial charge in [0.25, 0.3) is 0 Å². The number of nitrogens with two attached hydrogens (primary N) is 1. The van der Waals surface area contributed by atoms with E-state index in [4.69, 9.17) is 5.73 Å². The molecule has 0 aromatic rings. The van der Waals surface area contributed by atoms with Gasteiger partial charge in [-0.1, -0.05) is 6.42 Å². The summed E-state index contributed by atoms with van der Waals surface area (Å²) in [7, 11) is 0. The van der Waals surface area contributed by atoms with E-state index < -0.39 is 0 Å². The van der Waals surface area contributed by atoms with Crippen molar-refractivity contribution in [1.82, 2.24) is 10.2 Å². The number of hydrogen-bond acceptors (Lipinski definition) is 3. The Balaban J connectivity index is 0.00000147. The molecule has 0 spiro atoms. The quantitative estimate of drug-likeness (QED) is 0.801. The fraction of sp³-hybridized carbons (Fsp3) is 0.857. The molecule has 114 valence electrons. The summed E-state index contributed by atoms with van der Waals surface area (Å²) in [6.07, 6.45) is 5.83. The number of rotatable bonds is 4. The lowest BCUT2D eigenvalue weighted by Gasteiger charge is -2.21. The molecule has 2 aliphatic carbocycles. The highest BCUT2D eigenvalue weighted by Crippen LogP contribution is 2.33. The van der Waals surface area contributed by atoms with Crippen molar-refractivity contribution >= 4 is 24.2 Å². The second-order valence-corrected chi connectivity index (χ2v) is 6.22. The molecule has 0 bridgehead atoms. The van der Waals surface area contributed by atoms with E-state index in [1.807, 2.05) is 4.90 Å². The van der Waals surface area contributed by atoms with Gasteiger partial charge in [0.1, 0.15) is 0 Å². The van der Waals surface area contributed by atoms with Crippen molar-refractivity contribution in [3.05, 3.63) is 0 Å². The van der Waals surface area contributed by atoms with Gasteiger partial charge in [-0.2, -0.15) is 0 Å². The van der Waals surface area contributed by atoms with Crippen LogP contribution in [0.3, 0.4) is 0 Å². The Bertz CT molecular complexity index is 387. The van der Waals surface area contributed by atoms with Gasteiger partial charge < -0.3 is 16.0 Å². The number of nitrogens with zero attached hydrogens (tertiary/aromatic N) is 1. The maximum absolute atomic E-state index is 12.3. The summed E-state index contributed by atoms with van der Waals surface area (Å²) in [6, 6.07) is 0.470. The fourth-order valence-electron chi connectivity index (χ4n) is 3.54. The number of hydrogen-bond donors (Lipinski definition) is 2. The zero-order valence-electron chi connectivity index (χ0n) is 11.7. The summed E-state index contributed by atoms with van der Waals surface area (Å²) < 4.78 is 0. The molecule has 0 aromatic heterocycles. The number of carbonyl (C=O) groups excluding carboxylic acids is 2. The third-order valence-corrected chi connectivity index (χ3v) is 4.79. The Morgan fingerprint density at radius 3 is 2.70 bits per heavy atom. The Morgan fingerprint density at radius 2 is 2.05 bits per heavy atom. The lowest BCUT2D eigenvalue weighted by Crippen LogP contribution is -2.42. The molecule has 1 saturated heterocycles. The monoisotopic (exact) mass is 301 g/mol. The minimum Gasteiger partial charge on any atom is -0.351 e. The minimum absolute atomic E-state index is 0. The van der Waals surface area contributed by atoms with Gasteiger partial charge in [-0.25, -0.2) is 0 Å². The van der Waals surface area contributed by atoms with Crippen molar-refractivity contribution in [3.8, 4) is 0 Å². The molecule has 6 heteroatoms. The van der Waals surface area contributed by atoms with Gasteiger partial charge in [0, 0.05) is 24.9 Å². The molecule has 1 heterocycles. The highest BCUT2D eigenvalue weighted by atomic mass is 35.5. The molecule has 20 heavy (non-hydrogen) atoms. The molecule has 3 aliphatic rings. The van der Waals surface area contributed by atoms with Crippen molar-refractivity contribution in [3.63, 3.8) is 0 Å². The summed E-state index contributed by atoms with van der Waals surface area (Å²) in [5.41, 5.74) is 5.72. The Morgan fingerprint density at radius 1 is 1.30 bits per heavy atom. The second-order valence-electron chi connectivity index (χ2n) is 6.22.